The molecule has 6 heteroatoms. The summed E-state index contributed by atoms with van der Waals surface area (Å²) in [5, 5.41) is 5.38. The highest BCUT2D eigenvalue weighted by molar-refractivity contribution is 6.30. The number of hydrogen-bond acceptors (Lipinski definition) is 5. The number of halogens is 1. The SMILES string of the molecule is [2H]OC(=O)c1c([2H])c([2H])c([2H])c(-c2c([2H])c([2H])c([2H])c(N([2H])C([2H])([2H])C([2H])([2H])N([2H])C([2H])([2H])[C@]([2H])(O[2H])c3c([2H])c([2H])c([2H])c(Cl)c3[2H])c2[2H])c1[2H]. The van der Waals surface area contributed by atoms with Gasteiger partial charge in [0.25, 0.3) is 1.43 Å². The molecule has 0 aliphatic rings. The van der Waals surface area contributed by atoms with Gasteiger partial charge in [-0.3, -0.25) is 0 Å². The van der Waals surface area contributed by atoms with E-state index in [1.165, 1.54) is 0 Å². The van der Waals surface area contributed by atoms with Crippen molar-refractivity contribution in [2.24, 2.45) is 0 Å². The van der Waals surface area contributed by atoms with Crippen LogP contribution in [0.3, 0.4) is 0 Å². The molecule has 3 aromatic carbocycles. The average Bonchev–Trinajstić information content (AvgIpc) is 3.08. The molecule has 0 radical (unpaired) electrons. The largest absolute Gasteiger partial charge is 0.478 e. The van der Waals surface area contributed by atoms with E-state index in [2.05, 4.69) is 10.2 Å². The van der Waals surface area contributed by atoms with Gasteiger partial charge in [-0.1, -0.05) is 47.9 Å². The van der Waals surface area contributed by atoms with E-state index in [4.69, 9.17) is 43.3 Å². The summed E-state index contributed by atoms with van der Waals surface area (Å²) < 4.78 is 189. The monoisotopic (exact) mass is 433 g/mol. The fourth-order valence-electron chi connectivity index (χ4n) is 1.76. The van der Waals surface area contributed by atoms with Crippen LogP contribution < -0.4 is 10.6 Å². The Morgan fingerprint density at radius 1 is 1.14 bits per heavy atom. The van der Waals surface area contributed by atoms with E-state index >= 15 is 0 Å². The van der Waals surface area contributed by atoms with Crippen LogP contribution >= 0.6 is 11.6 Å². The molecule has 150 valence electrons. The Hall–Kier alpha value is -2.86. The van der Waals surface area contributed by atoms with Crippen LogP contribution in [0.4, 0.5) is 5.69 Å². The third-order valence-corrected chi connectivity index (χ3v) is 3.13. The van der Waals surface area contributed by atoms with Gasteiger partial charge < -0.3 is 20.8 Å². The van der Waals surface area contributed by atoms with Gasteiger partial charge in [-0.2, -0.15) is 0 Å². The maximum Gasteiger partial charge on any atom is 0.335 e. The molecule has 0 amide bonds. The van der Waals surface area contributed by atoms with E-state index in [1.54, 1.807) is 0 Å². The van der Waals surface area contributed by atoms with Gasteiger partial charge in [-0.25, -0.2) is 4.79 Å². The van der Waals surface area contributed by atoms with E-state index < -0.39 is 148 Å². The molecule has 5 nitrogen and oxygen atoms in total. The van der Waals surface area contributed by atoms with E-state index in [0.717, 1.165) is 0 Å². The Labute approximate surface area is 207 Å². The maximum absolute atomic E-state index is 12.2. The highest BCUT2D eigenvalue weighted by Crippen LogP contribution is 2.23. The number of nitrogens with one attached hydrogen (secondary N) is 2. The second-order valence-corrected chi connectivity index (χ2v) is 5.22. The summed E-state index contributed by atoms with van der Waals surface area (Å²) in [7, 11) is 0. The van der Waals surface area contributed by atoms with Crippen molar-refractivity contribution in [3.8, 4) is 11.1 Å². The first kappa shape index (κ1) is 6.32. The molecule has 29 heavy (non-hydrogen) atoms. The molecule has 0 unspecified atom stereocenters. The molecule has 4 N–H and O–H groups in total. The van der Waals surface area contributed by atoms with Gasteiger partial charge in [0, 0.05) is 35.7 Å². The molecule has 0 aromatic heterocycles. The third-order valence-electron chi connectivity index (χ3n) is 2.94. The van der Waals surface area contributed by atoms with Crippen molar-refractivity contribution >= 4 is 23.3 Å². The molecule has 0 aliphatic carbocycles. The molecule has 3 rings (SSSR count). The predicted molar refractivity (Wildman–Crippen MR) is 117 cm³/mol. The normalized spacial score (nSPS) is 25.7. The summed E-state index contributed by atoms with van der Waals surface area (Å²) in [6.45, 7) is -12.7. The summed E-state index contributed by atoms with van der Waals surface area (Å²) in [5.41, 5.74) is -5.98. The van der Waals surface area contributed by atoms with Crippen LogP contribution in [0.25, 0.3) is 12.6 Å². The number of carbonyl (C=O) groups is 1. The highest BCUT2D eigenvalue weighted by atomic mass is 35.5. The van der Waals surface area contributed by atoms with Gasteiger partial charge >= 0.3 is 5.97 Å². The lowest BCUT2D eigenvalue weighted by Gasteiger charge is -2.13. The topological polar surface area (TPSA) is 81.6 Å². The molecule has 0 saturated carbocycles. The predicted octanol–water partition coefficient (Wildman–Crippen LogP) is 4.44. The fraction of sp³-hybridized carbons (Fsp3) is 0.174. The van der Waals surface area contributed by atoms with E-state index in [0.29, 0.717) is 0 Å². The van der Waals surface area contributed by atoms with Crippen LogP contribution in [-0.2, 0) is 0 Å². The lowest BCUT2D eigenvalue weighted by Crippen LogP contribution is -2.26. The van der Waals surface area contributed by atoms with Crippen LogP contribution in [0.5, 0.6) is 0 Å². The second-order valence-electron chi connectivity index (χ2n) is 4.84. The minimum Gasteiger partial charge on any atom is -0.478 e. The third kappa shape index (κ3) is 6.06. The molecule has 0 aliphatic heterocycles. The summed E-state index contributed by atoms with van der Waals surface area (Å²) in [6, 6.07) is -14.1. The van der Waals surface area contributed by atoms with Crippen LogP contribution in [0.2, 0.25) is 7.85 Å². The van der Waals surface area contributed by atoms with Crippen molar-refractivity contribution in [2.75, 3.05) is 24.8 Å². The standard InChI is InChI=1S/C23H23ClN2O3/c24-20-8-2-6-18(13-20)22(27)15-25-10-11-26-21-9-3-5-17(14-21)16-4-1-7-19(12-16)23(28)29/h1-9,12-14,22,25-27H,10-11,15H2,(H,28,29)/t22-/m0/s1/i1D,2D,3D,4D,5D,6D,7D,8D,9D,10D2,11D2,12D,13D,14D,15D2,22D,27D/hD3. The van der Waals surface area contributed by atoms with Gasteiger partial charge in [-0.15, -0.1) is 0 Å². The Morgan fingerprint density at radius 2 is 1.93 bits per heavy atom. The molecular weight excluding hydrogens is 388 g/mol. The minimum absolute atomic E-state index is 0.643. The van der Waals surface area contributed by atoms with Gasteiger partial charge in [0.1, 0.15) is 1.41 Å². The molecule has 0 saturated heterocycles. The van der Waals surface area contributed by atoms with Crippen molar-refractivity contribution in [3.05, 3.63) is 88.7 Å². The number of anilines is 1. The van der Waals surface area contributed by atoms with Crippen LogP contribution in [-0.4, -0.2) is 37.1 Å². The van der Waals surface area contributed by atoms with Crippen molar-refractivity contribution < 1.29 is 43.9 Å². The molecule has 3 aromatic rings. The van der Waals surface area contributed by atoms with Gasteiger partial charge in [0.15, 0.2) is 1.41 Å². The summed E-state index contributed by atoms with van der Waals surface area (Å²) >= 11 is 5.84. The lowest BCUT2D eigenvalue weighted by molar-refractivity contribution is 0.0697. The second kappa shape index (κ2) is 10.1. The van der Waals surface area contributed by atoms with Crippen molar-refractivity contribution in [1.82, 2.24) is 5.31 Å². The molecule has 0 spiro atoms. The Kier molecular flexibility index (Phi) is 2.19. The molecule has 0 heterocycles. The molecule has 0 fully saturated rings. The Balaban J connectivity index is 2.34. The number of hydrogen-bond donors (Lipinski definition) is 4. The summed E-state index contributed by atoms with van der Waals surface area (Å²) in [5.74, 6) is -1.68. The first-order valence-corrected chi connectivity index (χ1v) is 7.82. The van der Waals surface area contributed by atoms with Crippen LogP contribution in [0.15, 0.2) is 72.5 Å². The Morgan fingerprint density at radius 3 is 2.76 bits per heavy atom. The first-order chi connectivity index (χ1) is 23.6. The average molecular weight is 434 g/mol. The zero-order chi connectivity index (χ0) is 40.5. The smallest absolute Gasteiger partial charge is 0.335 e. The molecular formula is C23H23ClN2O3. The number of carboxylic acid groups (broad SMARTS) is 1. The van der Waals surface area contributed by atoms with Gasteiger partial charge in [0.05, 0.1) is 32.2 Å². The number of aromatic carboxylic acids is 1. The van der Waals surface area contributed by atoms with E-state index in [9.17, 15) is 4.79 Å². The number of aliphatic hydroxyl groups is 1. The zero-order valence-corrected chi connectivity index (χ0v) is 14.8. The number of benzene rings is 3. The zero-order valence-electron chi connectivity index (χ0n) is 37.0. The number of carboxylic acids is 1. The maximum atomic E-state index is 12.2. The molecule has 1 atom stereocenters. The minimum atomic E-state index is -4.29. The van der Waals surface area contributed by atoms with Gasteiger partial charge in [0.2, 0.25) is 1.43 Å². The number of rotatable bonds is 10. The quantitative estimate of drug-likeness (QED) is 0.380. The van der Waals surface area contributed by atoms with Crippen LogP contribution in [0.1, 0.15) is 48.0 Å². The van der Waals surface area contributed by atoms with Crippen molar-refractivity contribution in [3.63, 3.8) is 0 Å². The fourth-order valence-corrected chi connectivity index (χ4v) is 1.90. The van der Waals surface area contributed by atoms with Crippen molar-refractivity contribution in [1.29, 1.82) is 2.86 Å². The highest BCUT2D eigenvalue weighted by Gasteiger charge is 2.07. The van der Waals surface area contributed by atoms with Crippen LogP contribution in [0, 0.1) is 0 Å². The van der Waals surface area contributed by atoms with E-state index in [1.807, 2.05) is 0 Å². The lowest BCUT2D eigenvalue weighted by atomic mass is 10.0. The first-order valence-electron chi connectivity index (χ1n) is 18.7. The van der Waals surface area contributed by atoms with E-state index in [-0.39, 0.29) is 0 Å². The molecule has 0 bridgehead atoms. The summed E-state index contributed by atoms with van der Waals surface area (Å²) in [6.07, 6.45) is -3.90. The Bertz CT molecular complexity index is 1950. The van der Waals surface area contributed by atoms with Crippen molar-refractivity contribution in [2.45, 2.75) is 6.08 Å². The van der Waals surface area contributed by atoms with Gasteiger partial charge in [-0.05, 0) is 52.9 Å². The summed E-state index contributed by atoms with van der Waals surface area (Å²) in [4.78, 5) is 12.2.